The van der Waals surface area contributed by atoms with Crippen molar-refractivity contribution in [3.8, 4) is 6.07 Å². The van der Waals surface area contributed by atoms with Gasteiger partial charge in [-0.1, -0.05) is 105 Å². The molecule has 5 rings (SSSR count). The fourth-order valence-electron chi connectivity index (χ4n) is 6.18. The van der Waals surface area contributed by atoms with Crippen molar-refractivity contribution in [2.24, 2.45) is 11.8 Å². The van der Waals surface area contributed by atoms with Crippen LogP contribution in [0.3, 0.4) is 0 Å². The van der Waals surface area contributed by atoms with E-state index < -0.39 is 20.0 Å². The topological polar surface area (TPSA) is 62.0 Å². The highest BCUT2D eigenvalue weighted by Gasteiger charge is 2.50. The maximum atomic E-state index is 15.9. The van der Waals surface area contributed by atoms with Crippen LogP contribution in [0, 0.1) is 34.8 Å². The van der Waals surface area contributed by atoms with Crippen molar-refractivity contribution in [2.75, 3.05) is 24.3 Å². The molecule has 1 fully saturated rings. The zero-order chi connectivity index (χ0) is 31.8. The van der Waals surface area contributed by atoms with Gasteiger partial charge in [0, 0.05) is 12.6 Å². The van der Waals surface area contributed by atoms with Gasteiger partial charge in [-0.3, -0.25) is 0 Å². The first kappa shape index (κ1) is 32.8. The van der Waals surface area contributed by atoms with Crippen LogP contribution in [0.5, 0.6) is 0 Å². The molecule has 44 heavy (non-hydrogen) atoms. The molecule has 0 radical (unpaired) electrons. The number of anilines is 1. The smallest absolute Gasteiger partial charge is 0.261 e. The van der Waals surface area contributed by atoms with Gasteiger partial charge in [-0.25, -0.2) is 18.7 Å². The Morgan fingerprint density at radius 2 is 1.68 bits per heavy atom. The van der Waals surface area contributed by atoms with Gasteiger partial charge in [0.2, 0.25) is 0 Å². The van der Waals surface area contributed by atoms with Crippen LogP contribution in [0.25, 0.3) is 10.9 Å². The van der Waals surface area contributed by atoms with Gasteiger partial charge in [-0.2, -0.15) is 5.26 Å². The Hall–Kier alpha value is -2.55. The molecule has 1 saturated carbocycles. The summed E-state index contributed by atoms with van der Waals surface area (Å²) in [6, 6.07) is 22.8. The number of thioether (sulfide) groups is 1. The Bertz CT molecular complexity index is 1660. The molecular formula is C33H34BrClF2N4OSSi. The van der Waals surface area contributed by atoms with E-state index in [-0.39, 0.29) is 55.7 Å². The lowest BCUT2D eigenvalue weighted by atomic mass is 10.1. The standard InChI is InChI=1S/C33H34BrClF2N4OSSi/c1-20(24-18-21(24)19-38)41(31-25-28(36)27(35)26(34)29(37)30(25)39-32(40-31)43-5)16-17-42-44(33(2,3)4,22-12-8-6-9-13-22)23-14-10-7-11-15-23/h6-15,20-21,24H,16-18H2,1-5H3. The summed E-state index contributed by atoms with van der Waals surface area (Å²) in [6.07, 6.45) is 2.52. The maximum Gasteiger partial charge on any atom is 0.261 e. The predicted molar refractivity (Wildman–Crippen MR) is 182 cm³/mol. The molecule has 3 unspecified atom stereocenters. The van der Waals surface area contributed by atoms with Gasteiger partial charge < -0.3 is 9.33 Å². The predicted octanol–water partition coefficient (Wildman–Crippen LogP) is 7.98. The molecule has 0 N–H and O–H groups in total. The number of halogens is 4. The number of hydrogen-bond acceptors (Lipinski definition) is 6. The minimum absolute atomic E-state index is 0.0504. The lowest BCUT2D eigenvalue weighted by molar-refractivity contribution is 0.298. The SMILES string of the molecule is CSc1nc(N(CCO[Si](c2ccccc2)(c2ccccc2)C(C)(C)C)C(C)C2CC2C#N)c2c(F)c(Cl)c(Br)c(F)c2n1. The molecule has 0 bridgehead atoms. The molecule has 0 amide bonds. The molecule has 1 aromatic heterocycles. The summed E-state index contributed by atoms with van der Waals surface area (Å²) in [7, 11) is -2.87. The summed E-state index contributed by atoms with van der Waals surface area (Å²) in [4.78, 5) is 11.0. The van der Waals surface area contributed by atoms with Crippen LogP contribution in [0.2, 0.25) is 10.1 Å². The average Bonchev–Trinajstić information content (AvgIpc) is 3.82. The highest BCUT2D eigenvalue weighted by Crippen LogP contribution is 2.46. The van der Waals surface area contributed by atoms with E-state index in [0.29, 0.717) is 11.7 Å². The van der Waals surface area contributed by atoms with Crippen LogP contribution in [0.4, 0.5) is 14.6 Å². The third-order valence-corrected chi connectivity index (χ3v) is 15.4. The van der Waals surface area contributed by atoms with E-state index in [0.717, 1.165) is 16.8 Å². The molecule has 3 atom stereocenters. The molecule has 4 aromatic rings. The third-order valence-electron chi connectivity index (χ3n) is 8.51. The Morgan fingerprint density at radius 3 is 2.18 bits per heavy atom. The number of nitrogens with zero attached hydrogens (tertiary/aromatic N) is 4. The minimum Gasteiger partial charge on any atom is -0.406 e. The molecule has 0 saturated heterocycles. The molecule has 1 heterocycles. The van der Waals surface area contributed by atoms with E-state index in [1.165, 1.54) is 11.8 Å². The summed E-state index contributed by atoms with van der Waals surface area (Å²) in [5, 5.41) is 11.6. The Morgan fingerprint density at radius 1 is 1.09 bits per heavy atom. The van der Waals surface area contributed by atoms with E-state index in [4.69, 9.17) is 21.0 Å². The summed E-state index contributed by atoms with van der Waals surface area (Å²) in [5.41, 5.74) is -0.147. The van der Waals surface area contributed by atoms with Crippen molar-refractivity contribution < 1.29 is 13.2 Å². The quantitative estimate of drug-likeness (QED) is 0.0546. The van der Waals surface area contributed by atoms with Crippen LogP contribution in [-0.2, 0) is 4.43 Å². The number of rotatable bonds is 10. The van der Waals surface area contributed by atoms with Gasteiger partial charge in [-0.05, 0) is 56.9 Å². The number of aromatic nitrogens is 2. The molecule has 230 valence electrons. The van der Waals surface area contributed by atoms with Crippen molar-refractivity contribution in [1.29, 1.82) is 5.26 Å². The maximum absolute atomic E-state index is 15.9. The molecule has 0 aliphatic heterocycles. The summed E-state index contributed by atoms with van der Waals surface area (Å²) >= 11 is 10.6. The fourth-order valence-corrected chi connectivity index (χ4v) is 11.6. The second-order valence-electron chi connectivity index (χ2n) is 12.1. The number of benzene rings is 3. The normalized spacial score (nSPS) is 17.4. The minimum atomic E-state index is -2.87. The summed E-state index contributed by atoms with van der Waals surface area (Å²) in [5.74, 6) is -1.36. The molecule has 3 aromatic carbocycles. The molecule has 0 spiro atoms. The average molecular weight is 716 g/mol. The highest BCUT2D eigenvalue weighted by atomic mass is 79.9. The molecule has 1 aliphatic rings. The Balaban J connectivity index is 1.63. The largest absolute Gasteiger partial charge is 0.406 e. The second kappa shape index (κ2) is 13.0. The first-order chi connectivity index (χ1) is 21.0. The fraction of sp³-hybridized carbons (Fsp3) is 0.364. The highest BCUT2D eigenvalue weighted by molar-refractivity contribution is 9.10. The van der Waals surface area contributed by atoms with Gasteiger partial charge >= 0.3 is 0 Å². The molecular weight excluding hydrogens is 682 g/mol. The van der Waals surface area contributed by atoms with Crippen LogP contribution in [0.1, 0.15) is 34.1 Å². The number of nitriles is 1. The third kappa shape index (κ3) is 5.90. The van der Waals surface area contributed by atoms with E-state index in [9.17, 15) is 5.26 Å². The van der Waals surface area contributed by atoms with Gasteiger partial charge in [0.05, 0.1) is 33.5 Å². The Labute approximate surface area is 276 Å². The molecule has 11 heteroatoms. The first-order valence-corrected chi connectivity index (χ1v) is 18.8. The van der Waals surface area contributed by atoms with Crippen LogP contribution in [0.15, 0.2) is 70.3 Å². The lowest BCUT2D eigenvalue weighted by Crippen LogP contribution is -2.67. The number of hydrogen-bond donors (Lipinski definition) is 0. The summed E-state index contributed by atoms with van der Waals surface area (Å²) in [6.45, 7) is 9.25. The van der Waals surface area contributed by atoms with E-state index >= 15 is 8.78 Å². The van der Waals surface area contributed by atoms with E-state index in [1.54, 1.807) is 6.26 Å². The van der Waals surface area contributed by atoms with Crippen LogP contribution < -0.4 is 15.3 Å². The van der Waals surface area contributed by atoms with Crippen LogP contribution in [-0.4, -0.2) is 43.7 Å². The Kier molecular flexibility index (Phi) is 9.74. The van der Waals surface area contributed by atoms with Crippen molar-refractivity contribution >= 4 is 74.7 Å². The van der Waals surface area contributed by atoms with E-state index in [1.807, 2.05) is 48.2 Å². The van der Waals surface area contributed by atoms with Crippen molar-refractivity contribution in [3.05, 3.63) is 81.8 Å². The van der Waals surface area contributed by atoms with Gasteiger partial charge in [-0.15, -0.1) is 0 Å². The van der Waals surface area contributed by atoms with Crippen molar-refractivity contribution in [1.82, 2.24) is 9.97 Å². The lowest BCUT2D eigenvalue weighted by Gasteiger charge is -2.43. The number of fused-ring (bicyclic) bond motifs is 1. The van der Waals surface area contributed by atoms with Gasteiger partial charge in [0.15, 0.2) is 16.8 Å². The summed E-state index contributed by atoms with van der Waals surface area (Å²) < 4.78 is 38.4. The second-order valence-corrected chi connectivity index (χ2v) is 18.3. The van der Waals surface area contributed by atoms with Crippen molar-refractivity contribution in [2.45, 2.75) is 50.4 Å². The van der Waals surface area contributed by atoms with Crippen LogP contribution >= 0.6 is 39.3 Å². The molecule has 1 aliphatic carbocycles. The van der Waals surface area contributed by atoms with E-state index in [2.05, 4.69) is 72.0 Å². The van der Waals surface area contributed by atoms with Gasteiger partial charge in [0.1, 0.15) is 11.3 Å². The van der Waals surface area contributed by atoms with Gasteiger partial charge in [0.25, 0.3) is 8.32 Å². The zero-order valence-corrected chi connectivity index (χ0v) is 29.4. The first-order valence-electron chi connectivity index (χ1n) is 14.4. The van der Waals surface area contributed by atoms with Crippen molar-refractivity contribution in [3.63, 3.8) is 0 Å². The monoisotopic (exact) mass is 714 g/mol. The zero-order valence-electron chi connectivity index (χ0n) is 25.2. The molecule has 5 nitrogen and oxygen atoms in total.